The summed E-state index contributed by atoms with van der Waals surface area (Å²) in [5, 5.41) is 3.67. The standard InChI is InChI=1S/C20H16N2O4/c1-12(22-19(24)15-7-3-4-8-16(15)20(22)25)18(23)21-11-14-10-13-6-2-5-9-17(13)26-14/h2-10,12H,11H2,1H3,(H,21,23). The van der Waals surface area contributed by atoms with Crippen LogP contribution in [0.5, 0.6) is 0 Å². The minimum Gasteiger partial charge on any atom is -0.459 e. The predicted molar refractivity (Wildman–Crippen MR) is 94.5 cm³/mol. The van der Waals surface area contributed by atoms with E-state index in [1.165, 1.54) is 6.92 Å². The number of para-hydroxylation sites is 1. The highest BCUT2D eigenvalue weighted by molar-refractivity contribution is 6.22. The molecule has 2 aromatic carbocycles. The Labute approximate surface area is 149 Å². The first kappa shape index (κ1) is 16.1. The van der Waals surface area contributed by atoms with E-state index >= 15 is 0 Å². The maximum Gasteiger partial charge on any atom is 0.262 e. The van der Waals surface area contributed by atoms with Crippen molar-refractivity contribution in [3.63, 3.8) is 0 Å². The van der Waals surface area contributed by atoms with Gasteiger partial charge in [-0.2, -0.15) is 0 Å². The van der Waals surface area contributed by atoms with Crippen LogP contribution >= 0.6 is 0 Å². The van der Waals surface area contributed by atoms with Crippen molar-refractivity contribution in [1.82, 2.24) is 10.2 Å². The van der Waals surface area contributed by atoms with Gasteiger partial charge in [0, 0.05) is 5.39 Å². The molecule has 1 N–H and O–H groups in total. The van der Waals surface area contributed by atoms with Crippen LogP contribution in [-0.2, 0) is 11.3 Å². The van der Waals surface area contributed by atoms with Crippen molar-refractivity contribution >= 4 is 28.7 Å². The summed E-state index contributed by atoms with van der Waals surface area (Å²) in [7, 11) is 0. The topological polar surface area (TPSA) is 79.6 Å². The molecule has 130 valence electrons. The second-order valence-corrected chi connectivity index (χ2v) is 6.17. The first-order valence-corrected chi connectivity index (χ1v) is 8.28. The van der Waals surface area contributed by atoms with Crippen LogP contribution in [0.3, 0.4) is 0 Å². The van der Waals surface area contributed by atoms with Gasteiger partial charge in [0.25, 0.3) is 11.8 Å². The van der Waals surface area contributed by atoms with Gasteiger partial charge in [0.15, 0.2) is 0 Å². The number of benzene rings is 2. The number of hydrogen-bond acceptors (Lipinski definition) is 4. The van der Waals surface area contributed by atoms with Gasteiger partial charge in [-0.15, -0.1) is 0 Å². The minimum atomic E-state index is -0.910. The molecule has 6 nitrogen and oxygen atoms in total. The van der Waals surface area contributed by atoms with Gasteiger partial charge >= 0.3 is 0 Å². The molecule has 1 unspecified atom stereocenters. The molecule has 26 heavy (non-hydrogen) atoms. The predicted octanol–water partition coefficient (Wildman–Crippen LogP) is 2.73. The molecular weight excluding hydrogens is 332 g/mol. The van der Waals surface area contributed by atoms with E-state index in [9.17, 15) is 14.4 Å². The molecule has 1 atom stereocenters. The van der Waals surface area contributed by atoms with E-state index in [0.717, 1.165) is 15.9 Å². The molecule has 2 heterocycles. The number of amides is 3. The molecule has 3 amide bonds. The zero-order valence-corrected chi connectivity index (χ0v) is 14.1. The number of nitrogens with one attached hydrogen (secondary N) is 1. The molecule has 0 aliphatic carbocycles. The van der Waals surface area contributed by atoms with E-state index in [1.807, 2.05) is 30.3 Å². The van der Waals surface area contributed by atoms with Gasteiger partial charge in [0.05, 0.1) is 17.7 Å². The number of carbonyl (C=O) groups is 3. The fourth-order valence-electron chi connectivity index (χ4n) is 3.12. The average molecular weight is 348 g/mol. The van der Waals surface area contributed by atoms with Crippen LogP contribution in [0.15, 0.2) is 59.0 Å². The van der Waals surface area contributed by atoms with Crippen molar-refractivity contribution in [3.8, 4) is 0 Å². The molecule has 0 saturated carbocycles. The zero-order valence-electron chi connectivity index (χ0n) is 14.1. The van der Waals surface area contributed by atoms with E-state index in [4.69, 9.17) is 4.42 Å². The minimum absolute atomic E-state index is 0.182. The van der Waals surface area contributed by atoms with Crippen molar-refractivity contribution in [2.75, 3.05) is 0 Å². The summed E-state index contributed by atoms with van der Waals surface area (Å²) in [5.41, 5.74) is 1.40. The second-order valence-electron chi connectivity index (χ2n) is 6.17. The summed E-state index contributed by atoms with van der Waals surface area (Å²) in [5.74, 6) is -0.706. The molecule has 3 aromatic rings. The lowest BCUT2D eigenvalue weighted by atomic mass is 10.1. The Morgan fingerprint density at radius 3 is 2.31 bits per heavy atom. The van der Waals surface area contributed by atoms with Crippen LogP contribution in [-0.4, -0.2) is 28.7 Å². The number of rotatable bonds is 4. The van der Waals surface area contributed by atoms with Gasteiger partial charge in [-0.25, -0.2) is 0 Å². The number of carbonyl (C=O) groups excluding carboxylic acids is 3. The van der Waals surface area contributed by atoms with E-state index < -0.39 is 23.8 Å². The molecule has 4 rings (SSSR count). The van der Waals surface area contributed by atoms with Crippen molar-refractivity contribution in [3.05, 3.63) is 71.5 Å². The van der Waals surface area contributed by atoms with Crippen LogP contribution in [0, 0.1) is 0 Å². The number of nitrogens with zero attached hydrogens (tertiary/aromatic N) is 1. The third kappa shape index (κ3) is 2.56. The molecule has 1 aliphatic heterocycles. The first-order valence-electron chi connectivity index (χ1n) is 8.28. The Balaban J connectivity index is 1.47. The summed E-state index contributed by atoms with van der Waals surface area (Å²) < 4.78 is 5.65. The zero-order chi connectivity index (χ0) is 18.3. The van der Waals surface area contributed by atoms with E-state index in [2.05, 4.69) is 5.32 Å². The molecule has 6 heteroatoms. The quantitative estimate of drug-likeness (QED) is 0.735. The van der Waals surface area contributed by atoms with Crippen molar-refractivity contribution < 1.29 is 18.8 Å². The Hall–Kier alpha value is -3.41. The molecule has 0 saturated heterocycles. The van der Waals surface area contributed by atoms with E-state index in [1.54, 1.807) is 24.3 Å². The van der Waals surface area contributed by atoms with Gasteiger partial charge in [-0.05, 0) is 31.2 Å². The average Bonchev–Trinajstić information content (AvgIpc) is 3.18. The van der Waals surface area contributed by atoms with Crippen LogP contribution in [0.25, 0.3) is 11.0 Å². The number of fused-ring (bicyclic) bond motifs is 2. The smallest absolute Gasteiger partial charge is 0.262 e. The molecule has 0 spiro atoms. The largest absolute Gasteiger partial charge is 0.459 e. The van der Waals surface area contributed by atoms with Gasteiger partial charge in [0.2, 0.25) is 5.91 Å². The molecule has 0 fully saturated rings. The Kier molecular flexibility index (Phi) is 3.80. The van der Waals surface area contributed by atoms with Crippen molar-refractivity contribution in [2.45, 2.75) is 19.5 Å². The number of furan rings is 1. The fraction of sp³-hybridized carbons (Fsp3) is 0.150. The third-order valence-corrected chi connectivity index (χ3v) is 4.51. The molecule has 1 aliphatic rings. The lowest BCUT2D eigenvalue weighted by molar-refractivity contribution is -0.124. The number of imide groups is 1. The maximum absolute atomic E-state index is 12.5. The van der Waals surface area contributed by atoms with E-state index in [-0.39, 0.29) is 6.54 Å². The summed E-state index contributed by atoms with van der Waals surface area (Å²) in [4.78, 5) is 38.4. The second kappa shape index (κ2) is 6.15. The van der Waals surface area contributed by atoms with E-state index in [0.29, 0.717) is 16.9 Å². The summed E-state index contributed by atoms with van der Waals surface area (Å²) in [6.45, 7) is 1.72. The lowest BCUT2D eigenvalue weighted by Gasteiger charge is -2.21. The fourth-order valence-corrected chi connectivity index (χ4v) is 3.12. The van der Waals surface area contributed by atoms with Gasteiger partial charge in [-0.1, -0.05) is 30.3 Å². The van der Waals surface area contributed by atoms with Crippen molar-refractivity contribution in [2.24, 2.45) is 0 Å². The highest BCUT2D eigenvalue weighted by atomic mass is 16.3. The summed E-state index contributed by atoms with van der Waals surface area (Å²) >= 11 is 0. The molecule has 1 aromatic heterocycles. The van der Waals surface area contributed by atoms with Gasteiger partial charge in [0.1, 0.15) is 17.4 Å². The van der Waals surface area contributed by atoms with Crippen LogP contribution < -0.4 is 5.32 Å². The third-order valence-electron chi connectivity index (χ3n) is 4.51. The summed E-state index contributed by atoms with van der Waals surface area (Å²) in [6.07, 6.45) is 0. The number of hydrogen-bond donors (Lipinski definition) is 1. The van der Waals surface area contributed by atoms with Crippen LogP contribution in [0.4, 0.5) is 0 Å². The van der Waals surface area contributed by atoms with Gasteiger partial charge < -0.3 is 9.73 Å². The van der Waals surface area contributed by atoms with Crippen LogP contribution in [0.2, 0.25) is 0 Å². The lowest BCUT2D eigenvalue weighted by Crippen LogP contribution is -2.47. The Morgan fingerprint density at radius 1 is 1.04 bits per heavy atom. The Morgan fingerprint density at radius 2 is 1.65 bits per heavy atom. The summed E-state index contributed by atoms with van der Waals surface area (Å²) in [6, 6.07) is 15.1. The first-order chi connectivity index (χ1) is 12.6. The van der Waals surface area contributed by atoms with Gasteiger partial charge in [-0.3, -0.25) is 19.3 Å². The monoisotopic (exact) mass is 348 g/mol. The normalized spacial score (nSPS) is 14.6. The van der Waals surface area contributed by atoms with Crippen molar-refractivity contribution in [1.29, 1.82) is 0 Å². The Bertz CT molecular complexity index is 969. The molecular formula is C20H16N2O4. The SMILES string of the molecule is CC(C(=O)NCc1cc2ccccc2o1)N1C(=O)c2ccccc2C1=O. The molecule has 0 radical (unpaired) electrons. The highest BCUT2D eigenvalue weighted by Crippen LogP contribution is 2.24. The van der Waals surface area contributed by atoms with Crippen LogP contribution in [0.1, 0.15) is 33.4 Å². The highest BCUT2D eigenvalue weighted by Gasteiger charge is 2.40. The molecule has 0 bridgehead atoms. The maximum atomic E-state index is 12.5.